The van der Waals surface area contributed by atoms with E-state index in [0.717, 1.165) is 11.5 Å². The Bertz CT molecular complexity index is 296. The third kappa shape index (κ3) is 3.84. The van der Waals surface area contributed by atoms with E-state index >= 15 is 0 Å². The first-order chi connectivity index (χ1) is 6.68. The van der Waals surface area contributed by atoms with Crippen LogP contribution in [0.4, 0.5) is 5.82 Å². The average Bonchev–Trinajstić information content (AvgIpc) is 2.15. The molecule has 0 radical (unpaired) electrons. The number of rotatable bonds is 4. The van der Waals surface area contributed by atoms with Crippen LogP contribution >= 0.6 is 0 Å². The van der Waals surface area contributed by atoms with Gasteiger partial charge in [-0.05, 0) is 19.1 Å². The van der Waals surface area contributed by atoms with Crippen LogP contribution in [0.1, 0.15) is 12.6 Å². The highest BCUT2D eigenvalue weighted by atomic mass is 16.1. The van der Waals surface area contributed by atoms with Gasteiger partial charge in [-0.3, -0.25) is 4.79 Å². The van der Waals surface area contributed by atoms with Crippen LogP contribution in [-0.4, -0.2) is 29.2 Å². The first kappa shape index (κ1) is 10.4. The molecule has 1 rings (SSSR count). The van der Waals surface area contributed by atoms with Crippen LogP contribution < -0.4 is 10.6 Å². The third-order valence-corrected chi connectivity index (χ3v) is 1.60. The number of nitrogens with one attached hydrogen (secondary N) is 2. The van der Waals surface area contributed by atoms with Gasteiger partial charge in [0.2, 0.25) is 5.91 Å². The molecule has 0 fully saturated rings. The van der Waals surface area contributed by atoms with E-state index in [1.807, 2.05) is 19.1 Å². The van der Waals surface area contributed by atoms with Gasteiger partial charge in [-0.25, -0.2) is 0 Å². The maximum atomic E-state index is 10.5. The number of carbonyl (C=O) groups excluding carboxylic acids is 1. The molecule has 0 aliphatic rings. The Hall–Kier alpha value is -1.65. The lowest BCUT2D eigenvalue weighted by atomic mass is 10.4. The molecule has 0 aromatic carbocycles. The van der Waals surface area contributed by atoms with Crippen molar-refractivity contribution in [1.29, 1.82) is 0 Å². The fourth-order valence-electron chi connectivity index (χ4n) is 0.922. The van der Waals surface area contributed by atoms with Crippen molar-refractivity contribution in [2.75, 3.05) is 18.4 Å². The molecule has 0 aliphatic heterocycles. The number of nitrogens with zero attached hydrogens (tertiary/aromatic N) is 2. The summed E-state index contributed by atoms with van der Waals surface area (Å²) in [7, 11) is 0. The van der Waals surface area contributed by atoms with Crippen LogP contribution in [-0.2, 0) is 4.79 Å². The first-order valence-corrected chi connectivity index (χ1v) is 4.47. The van der Waals surface area contributed by atoms with Crippen LogP contribution in [0.2, 0.25) is 0 Å². The molecule has 0 aliphatic carbocycles. The van der Waals surface area contributed by atoms with Gasteiger partial charge in [0.25, 0.3) is 0 Å². The minimum absolute atomic E-state index is 0.0261. The molecule has 14 heavy (non-hydrogen) atoms. The molecule has 0 bridgehead atoms. The number of amides is 1. The first-order valence-electron chi connectivity index (χ1n) is 4.47. The van der Waals surface area contributed by atoms with E-state index in [9.17, 15) is 4.79 Å². The molecular formula is C9H14N4O. The topological polar surface area (TPSA) is 66.9 Å². The summed E-state index contributed by atoms with van der Waals surface area (Å²) in [6.45, 7) is 4.61. The van der Waals surface area contributed by atoms with Crippen LogP contribution in [0.5, 0.6) is 0 Å². The predicted octanol–water partition coefficient (Wildman–Crippen LogP) is 0.333. The van der Waals surface area contributed by atoms with Crippen molar-refractivity contribution in [3.63, 3.8) is 0 Å². The second-order valence-electron chi connectivity index (χ2n) is 2.97. The summed E-state index contributed by atoms with van der Waals surface area (Å²) < 4.78 is 0. The smallest absolute Gasteiger partial charge is 0.216 e. The lowest BCUT2D eigenvalue weighted by Gasteiger charge is -2.04. The molecular weight excluding hydrogens is 180 g/mol. The molecule has 0 saturated heterocycles. The highest BCUT2D eigenvalue weighted by Gasteiger charge is 1.94. The zero-order valence-corrected chi connectivity index (χ0v) is 8.37. The van der Waals surface area contributed by atoms with E-state index in [4.69, 9.17) is 0 Å². The van der Waals surface area contributed by atoms with Gasteiger partial charge < -0.3 is 10.6 Å². The molecule has 76 valence electrons. The van der Waals surface area contributed by atoms with Crippen LogP contribution in [0.3, 0.4) is 0 Å². The summed E-state index contributed by atoms with van der Waals surface area (Å²) in [5.41, 5.74) is 0.886. The largest absolute Gasteiger partial charge is 0.367 e. The van der Waals surface area contributed by atoms with E-state index in [2.05, 4.69) is 20.8 Å². The fourth-order valence-corrected chi connectivity index (χ4v) is 0.922. The highest BCUT2D eigenvalue weighted by molar-refractivity contribution is 5.72. The number of hydrogen-bond acceptors (Lipinski definition) is 4. The normalized spacial score (nSPS) is 9.57. The van der Waals surface area contributed by atoms with E-state index in [1.165, 1.54) is 6.92 Å². The molecule has 1 aromatic heterocycles. The summed E-state index contributed by atoms with van der Waals surface area (Å²) in [5, 5.41) is 13.5. The molecule has 5 nitrogen and oxygen atoms in total. The average molecular weight is 194 g/mol. The number of anilines is 1. The molecule has 0 spiro atoms. The van der Waals surface area contributed by atoms with Crippen molar-refractivity contribution >= 4 is 11.7 Å². The Morgan fingerprint density at radius 2 is 2.14 bits per heavy atom. The molecule has 1 amide bonds. The van der Waals surface area contributed by atoms with Crippen LogP contribution in [0.25, 0.3) is 0 Å². The maximum absolute atomic E-state index is 10.5. The van der Waals surface area contributed by atoms with Crippen molar-refractivity contribution in [3.05, 3.63) is 17.8 Å². The second-order valence-corrected chi connectivity index (χ2v) is 2.97. The van der Waals surface area contributed by atoms with Gasteiger partial charge in [0.15, 0.2) is 0 Å². The van der Waals surface area contributed by atoms with E-state index in [-0.39, 0.29) is 5.91 Å². The van der Waals surface area contributed by atoms with Gasteiger partial charge in [-0.2, -0.15) is 5.10 Å². The van der Waals surface area contributed by atoms with Gasteiger partial charge in [0, 0.05) is 20.0 Å². The Balaban J connectivity index is 2.25. The highest BCUT2D eigenvalue weighted by Crippen LogP contribution is 1.99. The summed E-state index contributed by atoms with van der Waals surface area (Å²) in [4.78, 5) is 10.5. The molecule has 2 N–H and O–H groups in total. The van der Waals surface area contributed by atoms with Crippen LogP contribution in [0.15, 0.2) is 12.1 Å². The maximum Gasteiger partial charge on any atom is 0.216 e. The van der Waals surface area contributed by atoms with Crippen molar-refractivity contribution in [3.8, 4) is 0 Å². The Morgan fingerprint density at radius 3 is 2.71 bits per heavy atom. The lowest BCUT2D eigenvalue weighted by Crippen LogP contribution is -2.26. The Kier molecular flexibility index (Phi) is 3.84. The zero-order chi connectivity index (χ0) is 10.4. The van der Waals surface area contributed by atoms with Gasteiger partial charge in [0.05, 0.1) is 5.69 Å². The lowest BCUT2D eigenvalue weighted by molar-refractivity contribution is -0.118. The minimum Gasteiger partial charge on any atom is -0.367 e. The molecule has 5 heteroatoms. The monoisotopic (exact) mass is 194 g/mol. The number of aryl methyl sites for hydroxylation is 1. The Morgan fingerprint density at radius 1 is 1.36 bits per heavy atom. The van der Waals surface area contributed by atoms with Gasteiger partial charge in [-0.15, -0.1) is 5.10 Å². The van der Waals surface area contributed by atoms with Gasteiger partial charge in [0.1, 0.15) is 5.82 Å². The van der Waals surface area contributed by atoms with E-state index < -0.39 is 0 Å². The van der Waals surface area contributed by atoms with E-state index in [1.54, 1.807) is 0 Å². The molecule has 0 unspecified atom stereocenters. The van der Waals surface area contributed by atoms with Crippen molar-refractivity contribution in [1.82, 2.24) is 15.5 Å². The summed E-state index contributed by atoms with van der Waals surface area (Å²) in [6, 6.07) is 3.74. The van der Waals surface area contributed by atoms with E-state index in [0.29, 0.717) is 13.1 Å². The standard InChI is InChI=1S/C9H14N4O/c1-7-3-4-9(13-12-7)11-6-5-10-8(2)14/h3-4H,5-6H2,1-2H3,(H,10,14)(H,11,13). The quantitative estimate of drug-likeness (QED) is 0.678. The fraction of sp³-hybridized carbons (Fsp3) is 0.444. The Labute approximate surface area is 82.9 Å². The molecule has 0 atom stereocenters. The SMILES string of the molecule is CC(=O)NCCNc1ccc(C)nn1. The van der Waals surface area contributed by atoms with Gasteiger partial charge >= 0.3 is 0 Å². The van der Waals surface area contributed by atoms with Gasteiger partial charge in [-0.1, -0.05) is 0 Å². The van der Waals surface area contributed by atoms with Crippen molar-refractivity contribution in [2.45, 2.75) is 13.8 Å². The third-order valence-electron chi connectivity index (χ3n) is 1.60. The summed E-state index contributed by atoms with van der Waals surface area (Å²) >= 11 is 0. The van der Waals surface area contributed by atoms with Crippen LogP contribution in [0, 0.1) is 6.92 Å². The minimum atomic E-state index is -0.0261. The summed E-state index contributed by atoms with van der Waals surface area (Å²) in [6.07, 6.45) is 0. The van der Waals surface area contributed by atoms with Crippen molar-refractivity contribution in [2.24, 2.45) is 0 Å². The second kappa shape index (κ2) is 5.16. The molecule has 0 saturated carbocycles. The zero-order valence-electron chi connectivity index (χ0n) is 8.37. The molecule has 1 aromatic rings. The van der Waals surface area contributed by atoms with Crippen molar-refractivity contribution < 1.29 is 4.79 Å². The number of aromatic nitrogens is 2. The molecule has 1 heterocycles. The predicted molar refractivity (Wildman–Crippen MR) is 53.9 cm³/mol. The number of hydrogen-bond donors (Lipinski definition) is 2. The number of carbonyl (C=O) groups is 1. The summed E-state index contributed by atoms with van der Waals surface area (Å²) in [5.74, 6) is 0.697.